The monoisotopic (exact) mass is 274 g/mol. The van der Waals surface area contributed by atoms with Gasteiger partial charge in [-0.1, -0.05) is 20.8 Å². The van der Waals surface area contributed by atoms with Crippen LogP contribution >= 0.6 is 0 Å². The number of rotatable bonds is 0. The summed E-state index contributed by atoms with van der Waals surface area (Å²) in [6, 6.07) is 0. The molecular formula is C18H30N2. The minimum absolute atomic E-state index is 0.110. The molecule has 3 rings (SSSR count). The Hall–Kier alpha value is -0.790. The minimum atomic E-state index is 0.110. The van der Waals surface area contributed by atoms with Crippen LogP contribution in [0, 0.1) is 23.2 Å². The zero-order valence-electron chi connectivity index (χ0n) is 14.0. The van der Waals surface area contributed by atoms with Gasteiger partial charge in [-0.2, -0.15) is 5.10 Å². The lowest BCUT2D eigenvalue weighted by Gasteiger charge is -2.23. The lowest BCUT2D eigenvalue weighted by molar-refractivity contribution is 0.311. The Labute approximate surface area is 124 Å². The van der Waals surface area contributed by atoms with Crippen LogP contribution in [0.15, 0.2) is 6.20 Å². The highest BCUT2D eigenvalue weighted by Crippen LogP contribution is 2.60. The molecule has 2 aliphatic rings. The molecule has 1 heterocycles. The SMILES string of the molecule is CC(C)(C)C1[C@H]2CCc3c(cnn3C(C)(C)C)CC[C@@H]12. The second kappa shape index (κ2) is 4.35. The molecule has 0 saturated heterocycles. The number of hydrogen-bond donors (Lipinski definition) is 0. The number of aromatic nitrogens is 2. The summed E-state index contributed by atoms with van der Waals surface area (Å²) in [6.07, 6.45) is 7.33. The van der Waals surface area contributed by atoms with Crippen LogP contribution < -0.4 is 0 Å². The van der Waals surface area contributed by atoms with E-state index in [9.17, 15) is 0 Å². The quantitative estimate of drug-likeness (QED) is 0.684. The van der Waals surface area contributed by atoms with Gasteiger partial charge in [0.2, 0.25) is 0 Å². The van der Waals surface area contributed by atoms with Gasteiger partial charge in [0.25, 0.3) is 0 Å². The predicted molar refractivity (Wildman–Crippen MR) is 83.8 cm³/mol. The summed E-state index contributed by atoms with van der Waals surface area (Å²) in [5.41, 5.74) is 3.62. The number of fused-ring (bicyclic) bond motifs is 2. The summed E-state index contributed by atoms with van der Waals surface area (Å²) < 4.78 is 2.27. The van der Waals surface area contributed by atoms with E-state index in [0.29, 0.717) is 5.41 Å². The summed E-state index contributed by atoms with van der Waals surface area (Å²) in [5.74, 6) is 2.88. The molecule has 1 unspecified atom stereocenters. The third kappa shape index (κ3) is 2.31. The van der Waals surface area contributed by atoms with Gasteiger partial charge in [-0.15, -0.1) is 0 Å². The maximum atomic E-state index is 4.68. The Balaban J connectivity index is 1.82. The third-order valence-corrected chi connectivity index (χ3v) is 5.38. The molecular weight excluding hydrogens is 244 g/mol. The molecule has 0 bridgehead atoms. The van der Waals surface area contributed by atoms with Gasteiger partial charge < -0.3 is 0 Å². The summed E-state index contributed by atoms with van der Waals surface area (Å²) >= 11 is 0. The van der Waals surface area contributed by atoms with Crippen LogP contribution in [0.5, 0.6) is 0 Å². The molecule has 20 heavy (non-hydrogen) atoms. The molecule has 0 aromatic carbocycles. The van der Waals surface area contributed by atoms with Crippen molar-refractivity contribution in [2.24, 2.45) is 23.2 Å². The molecule has 1 aromatic rings. The highest BCUT2D eigenvalue weighted by Gasteiger charge is 2.54. The largest absolute Gasteiger partial charge is 0.264 e. The highest BCUT2D eigenvalue weighted by molar-refractivity contribution is 5.22. The van der Waals surface area contributed by atoms with E-state index in [4.69, 9.17) is 0 Å². The fourth-order valence-electron chi connectivity index (χ4n) is 4.60. The first-order chi connectivity index (χ1) is 9.19. The Bertz CT molecular complexity index is 498. The fourth-order valence-corrected chi connectivity index (χ4v) is 4.60. The molecule has 0 N–H and O–H groups in total. The van der Waals surface area contributed by atoms with Crippen molar-refractivity contribution in [2.45, 2.75) is 72.8 Å². The van der Waals surface area contributed by atoms with Crippen molar-refractivity contribution in [1.82, 2.24) is 9.78 Å². The van der Waals surface area contributed by atoms with Crippen LogP contribution in [-0.2, 0) is 18.4 Å². The van der Waals surface area contributed by atoms with Gasteiger partial charge >= 0.3 is 0 Å². The second-order valence-corrected chi connectivity index (χ2v) is 9.00. The highest BCUT2D eigenvalue weighted by atomic mass is 15.3. The summed E-state index contributed by atoms with van der Waals surface area (Å²) in [6.45, 7) is 14.1. The van der Waals surface area contributed by atoms with Gasteiger partial charge in [-0.05, 0) is 75.2 Å². The Morgan fingerprint density at radius 1 is 1.00 bits per heavy atom. The molecule has 1 saturated carbocycles. The van der Waals surface area contributed by atoms with E-state index in [-0.39, 0.29) is 5.54 Å². The van der Waals surface area contributed by atoms with E-state index < -0.39 is 0 Å². The molecule has 0 amide bonds. The lowest BCUT2D eigenvalue weighted by Crippen LogP contribution is -2.26. The molecule has 2 aliphatic carbocycles. The number of aryl methyl sites for hydroxylation is 1. The van der Waals surface area contributed by atoms with Crippen molar-refractivity contribution in [3.8, 4) is 0 Å². The van der Waals surface area contributed by atoms with E-state index in [1.54, 1.807) is 0 Å². The van der Waals surface area contributed by atoms with E-state index in [1.165, 1.54) is 36.9 Å². The first kappa shape index (κ1) is 14.2. The predicted octanol–water partition coefficient (Wildman–Crippen LogP) is 4.43. The van der Waals surface area contributed by atoms with Crippen molar-refractivity contribution in [2.75, 3.05) is 0 Å². The first-order valence-corrected chi connectivity index (χ1v) is 8.26. The van der Waals surface area contributed by atoms with E-state index in [1.807, 2.05) is 0 Å². The molecule has 0 radical (unpaired) electrons. The average Bonchev–Trinajstić information content (AvgIpc) is 2.80. The Morgan fingerprint density at radius 2 is 1.60 bits per heavy atom. The van der Waals surface area contributed by atoms with Gasteiger partial charge in [-0.25, -0.2) is 0 Å². The smallest absolute Gasteiger partial charge is 0.0546 e. The second-order valence-electron chi connectivity index (χ2n) is 9.00. The van der Waals surface area contributed by atoms with Gasteiger partial charge in [0.15, 0.2) is 0 Å². The summed E-state index contributed by atoms with van der Waals surface area (Å²) in [4.78, 5) is 0. The van der Waals surface area contributed by atoms with Crippen LogP contribution in [0.3, 0.4) is 0 Å². The zero-order chi connectivity index (χ0) is 14.7. The summed E-state index contributed by atoms with van der Waals surface area (Å²) in [5, 5.41) is 4.68. The molecule has 2 heteroatoms. The van der Waals surface area contributed by atoms with E-state index >= 15 is 0 Å². The molecule has 0 spiro atoms. The van der Waals surface area contributed by atoms with E-state index in [2.05, 4.69) is 57.5 Å². The zero-order valence-corrected chi connectivity index (χ0v) is 14.0. The van der Waals surface area contributed by atoms with Crippen LogP contribution in [-0.4, -0.2) is 9.78 Å². The molecule has 1 fully saturated rings. The third-order valence-electron chi connectivity index (χ3n) is 5.38. The Kier molecular flexibility index (Phi) is 3.08. The van der Waals surface area contributed by atoms with Crippen LogP contribution in [0.1, 0.15) is 65.6 Å². The van der Waals surface area contributed by atoms with Gasteiger partial charge in [0, 0.05) is 5.69 Å². The average molecular weight is 274 g/mol. The van der Waals surface area contributed by atoms with Crippen molar-refractivity contribution in [3.63, 3.8) is 0 Å². The Morgan fingerprint density at radius 3 is 2.15 bits per heavy atom. The minimum Gasteiger partial charge on any atom is -0.264 e. The van der Waals surface area contributed by atoms with E-state index in [0.717, 1.165) is 17.8 Å². The molecule has 112 valence electrons. The molecule has 2 nitrogen and oxygen atoms in total. The van der Waals surface area contributed by atoms with Gasteiger partial charge in [0.1, 0.15) is 0 Å². The van der Waals surface area contributed by atoms with Gasteiger partial charge in [-0.3, -0.25) is 4.68 Å². The number of hydrogen-bond acceptors (Lipinski definition) is 1. The van der Waals surface area contributed by atoms with Crippen molar-refractivity contribution >= 4 is 0 Å². The summed E-state index contributed by atoms with van der Waals surface area (Å²) in [7, 11) is 0. The van der Waals surface area contributed by atoms with Crippen molar-refractivity contribution in [1.29, 1.82) is 0 Å². The lowest BCUT2D eigenvalue weighted by atomic mass is 9.87. The first-order valence-electron chi connectivity index (χ1n) is 8.26. The normalized spacial score (nSPS) is 30.2. The maximum Gasteiger partial charge on any atom is 0.0546 e. The van der Waals surface area contributed by atoms with Crippen LogP contribution in [0.25, 0.3) is 0 Å². The molecule has 3 atom stereocenters. The number of nitrogens with zero attached hydrogens (tertiary/aromatic N) is 2. The maximum absolute atomic E-state index is 4.68. The molecule has 1 aromatic heterocycles. The van der Waals surface area contributed by atoms with Crippen molar-refractivity contribution in [3.05, 3.63) is 17.5 Å². The fraction of sp³-hybridized carbons (Fsp3) is 0.833. The van der Waals surface area contributed by atoms with Crippen LogP contribution in [0.2, 0.25) is 0 Å². The topological polar surface area (TPSA) is 17.8 Å². The molecule has 0 aliphatic heterocycles. The van der Waals surface area contributed by atoms with Crippen LogP contribution in [0.4, 0.5) is 0 Å². The van der Waals surface area contributed by atoms with Gasteiger partial charge in [0.05, 0.1) is 11.7 Å². The standard InChI is InChI=1S/C18H30N2/c1-17(2,3)16-13-8-7-12-11-19-20(18(4,5)6)15(12)10-9-14(13)16/h11,13-14,16H,7-10H2,1-6H3/t13-,14+,16?/m1/s1. The van der Waals surface area contributed by atoms with Crippen molar-refractivity contribution < 1.29 is 0 Å².